The van der Waals surface area contributed by atoms with Gasteiger partial charge < -0.3 is 5.32 Å². The highest BCUT2D eigenvalue weighted by atomic mass is 15.0. The molecule has 0 aromatic rings. The third kappa shape index (κ3) is 1.68. The van der Waals surface area contributed by atoms with E-state index in [-0.39, 0.29) is 0 Å². The quantitative estimate of drug-likeness (QED) is 0.566. The van der Waals surface area contributed by atoms with E-state index in [1.807, 2.05) is 0 Å². The molecule has 1 fully saturated rings. The average Bonchev–Trinajstić information content (AvgIpc) is 2.10. The van der Waals surface area contributed by atoms with Crippen molar-refractivity contribution in [3.63, 3.8) is 0 Å². The van der Waals surface area contributed by atoms with Gasteiger partial charge in [-0.15, -0.1) is 0 Å². The molecule has 54 valence electrons. The highest BCUT2D eigenvalue weighted by molar-refractivity contribution is 4.88. The van der Waals surface area contributed by atoms with Gasteiger partial charge in [0.1, 0.15) is 0 Å². The minimum atomic E-state index is 0.417. The van der Waals surface area contributed by atoms with Crippen molar-refractivity contribution >= 4 is 0 Å². The summed E-state index contributed by atoms with van der Waals surface area (Å²) >= 11 is 0. The molecule has 0 aromatic heterocycles. The summed E-state index contributed by atoms with van der Waals surface area (Å²) < 4.78 is 0. The molecule has 9 heavy (non-hydrogen) atoms. The first-order valence-corrected chi connectivity index (χ1v) is 3.89. The fraction of sp³-hybridized carbons (Fsp3) is 1.00. The van der Waals surface area contributed by atoms with Crippen LogP contribution in [0.5, 0.6) is 0 Å². The molecule has 1 nitrogen and oxygen atoms in total. The minimum Gasteiger partial charge on any atom is -0.312 e. The van der Waals surface area contributed by atoms with E-state index in [0.29, 0.717) is 5.54 Å². The molecule has 0 aromatic carbocycles. The first-order valence-electron chi connectivity index (χ1n) is 3.89. The standard InChI is InChI=1S/C8H17N/c1-4-7-5-8(2,3)9-6-7/h7,9H,4-6H2,1-3H3/t7-/m0/s1. The summed E-state index contributed by atoms with van der Waals surface area (Å²) in [4.78, 5) is 0. The first kappa shape index (κ1) is 7.07. The zero-order valence-electron chi connectivity index (χ0n) is 6.70. The molecule has 0 spiro atoms. The summed E-state index contributed by atoms with van der Waals surface area (Å²) in [6, 6.07) is 0. The molecule has 0 saturated carbocycles. The smallest absolute Gasteiger partial charge is 0.0128 e. The van der Waals surface area contributed by atoms with E-state index in [9.17, 15) is 0 Å². The number of rotatable bonds is 1. The minimum absolute atomic E-state index is 0.417. The van der Waals surface area contributed by atoms with E-state index >= 15 is 0 Å². The normalized spacial score (nSPS) is 33.0. The van der Waals surface area contributed by atoms with Gasteiger partial charge in [-0.25, -0.2) is 0 Å². The lowest BCUT2D eigenvalue weighted by molar-refractivity contribution is 0.438. The van der Waals surface area contributed by atoms with Gasteiger partial charge in [-0.1, -0.05) is 13.3 Å². The summed E-state index contributed by atoms with van der Waals surface area (Å²) in [7, 11) is 0. The maximum absolute atomic E-state index is 3.50. The summed E-state index contributed by atoms with van der Waals surface area (Å²) in [5, 5.41) is 3.50. The summed E-state index contributed by atoms with van der Waals surface area (Å²) in [6.45, 7) is 8.06. The van der Waals surface area contributed by atoms with Crippen LogP contribution in [-0.4, -0.2) is 12.1 Å². The van der Waals surface area contributed by atoms with Crippen molar-refractivity contribution in [2.24, 2.45) is 5.92 Å². The van der Waals surface area contributed by atoms with Crippen LogP contribution in [0.1, 0.15) is 33.6 Å². The highest BCUT2D eigenvalue weighted by Crippen LogP contribution is 2.24. The van der Waals surface area contributed by atoms with Crippen LogP contribution in [0, 0.1) is 5.92 Å². The third-order valence-electron chi connectivity index (χ3n) is 2.25. The van der Waals surface area contributed by atoms with Gasteiger partial charge in [0, 0.05) is 5.54 Å². The summed E-state index contributed by atoms with van der Waals surface area (Å²) in [5.41, 5.74) is 0.417. The number of hydrogen-bond acceptors (Lipinski definition) is 1. The second-order valence-electron chi connectivity index (χ2n) is 3.74. The Balaban J connectivity index is 2.38. The van der Waals surface area contributed by atoms with Crippen LogP contribution in [0.4, 0.5) is 0 Å². The fourth-order valence-corrected chi connectivity index (χ4v) is 1.58. The molecule has 0 unspecified atom stereocenters. The second kappa shape index (κ2) is 2.30. The van der Waals surface area contributed by atoms with Crippen molar-refractivity contribution in [1.29, 1.82) is 0 Å². The Hall–Kier alpha value is -0.0400. The molecular formula is C8H17N. The Labute approximate surface area is 57.8 Å². The van der Waals surface area contributed by atoms with Crippen LogP contribution < -0.4 is 5.32 Å². The molecule has 1 heterocycles. The van der Waals surface area contributed by atoms with Gasteiger partial charge in [0.05, 0.1) is 0 Å². The molecule has 0 bridgehead atoms. The van der Waals surface area contributed by atoms with Crippen molar-refractivity contribution < 1.29 is 0 Å². The van der Waals surface area contributed by atoms with Gasteiger partial charge in [0.15, 0.2) is 0 Å². The molecule has 1 rings (SSSR count). The maximum Gasteiger partial charge on any atom is 0.0128 e. The lowest BCUT2D eigenvalue weighted by Gasteiger charge is -2.16. The third-order valence-corrected chi connectivity index (χ3v) is 2.25. The molecule has 0 radical (unpaired) electrons. The Morgan fingerprint density at radius 1 is 1.56 bits per heavy atom. The summed E-state index contributed by atoms with van der Waals surface area (Å²) in [6.07, 6.45) is 2.68. The first-order chi connectivity index (χ1) is 4.14. The Morgan fingerprint density at radius 2 is 2.22 bits per heavy atom. The predicted octanol–water partition coefficient (Wildman–Crippen LogP) is 1.78. The Kier molecular flexibility index (Phi) is 1.80. The summed E-state index contributed by atoms with van der Waals surface area (Å²) in [5.74, 6) is 0.931. The van der Waals surface area contributed by atoms with Gasteiger partial charge in [-0.2, -0.15) is 0 Å². The molecule has 1 N–H and O–H groups in total. The fourth-order valence-electron chi connectivity index (χ4n) is 1.58. The van der Waals surface area contributed by atoms with E-state index in [2.05, 4.69) is 26.1 Å². The van der Waals surface area contributed by atoms with E-state index in [1.54, 1.807) is 0 Å². The highest BCUT2D eigenvalue weighted by Gasteiger charge is 2.28. The van der Waals surface area contributed by atoms with E-state index < -0.39 is 0 Å². The van der Waals surface area contributed by atoms with Crippen LogP contribution in [0.25, 0.3) is 0 Å². The molecular weight excluding hydrogens is 110 g/mol. The molecule has 0 aliphatic carbocycles. The van der Waals surface area contributed by atoms with Crippen LogP contribution >= 0.6 is 0 Å². The van der Waals surface area contributed by atoms with E-state index in [0.717, 1.165) is 5.92 Å². The van der Waals surface area contributed by atoms with Crippen LogP contribution in [0.3, 0.4) is 0 Å². The lowest BCUT2D eigenvalue weighted by Crippen LogP contribution is -2.31. The lowest BCUT2D eigenvalue weighted by atomic mass is 9.95. The molecule has 1 aliphatic heterocycles. The van der Waals surface area contributed by atoms with Gasteiger partial charge in [0.2, 0.25) is 0 Å². The van der Waals surface area contributed by atoms with Crippen molar-refractivity contribution in [3.8, 4) is 0 Å². The van der Waals surface area contributed by atoms with E-state index in [4.69, 9.17) is 0 Å². The molecule has 1 heteroatoms. The zero-order chi connectivity index (χ0) is 6.91. The number of hydrogen-bond donors (Lipinski definition) is 1. The zero-order valence-corrected chi connectivity index (χ0v) is 6.70. The topological polar surface area (TPSA) is 12.0 Å². The van der Waals surface area contributed by atoms with E-state index in [1.165, 1.54) is 19.4 Å². The van der Waals surface area contributed by atoms with Gasteiger partial charge >= 0.3 is 0 Å². The molecule has 1 aliphatic rings. The van der Waals surface area contributed by atoms with Gasteiger partial charge in [0.25, 0.3) is 0 Å². The second-order valence-corrected chi connectivity index (χ2v) is 3.74. The monoisotopic (exact) mass is 127 g/mol. The van der Waals surface area contributed by atoms with Gasteiger partial charge in [-0.3, -0.25) is 0 Å². The average molecular weight is 127 g/mol. The molecule has 1 saturated heterocycles. The van der Waals surface area contributed by atoms with Crippen molar-refractivity contribution in [2.45, 2.75) is 39.2 Å². The van der Waals surface area contributed by atoms with Crippen LogP contribution in [0.2, 0.25) is 0 Å². The van der Waals surface area contributed by atoms with Crippen molar-refractivity contribution in [2.75, 3.05) is 6.54 Å². The van der Waals surface area contributed by atoms with Crippen LogP contribution in [-0.2, 0) is 0 Å². The largest absolute Gasteiger partial charge is 0.312 e. The van der Waals surface area contributed by atoms with Crippen LogP contribution in [0.15, 0.2) is 0 Å². The Bertz CT molecular complexity index is 96.7. The molecule has 1 atom stereocenters. The molecule has 0 amide bonds. The Morgan fingerprint density at radius 3 is 2.44 bits per heavy atom. The number of nitrogens with one attached hydrogen (secondary N) is 1. The van der Waals surface area contributed by atoms with Gasteiger partial charge in [-0.05, 0) is 32.7 Å². The SMILES string of the molecule is CC[C@@H]1CNC(C)(C)C1. The van der Waals surface area contributed by atoms with Crippen molar-refractivity contribution in [1.82, 2.24) is 5.32 Å². The predicted molar refractivity (Wildman–Crippen MR) is 40.5 cm³/mol. The maximum atomic E-state index is 3.50. The van der Waals surface area contributed by atoms with Crippen molar-refractivity contribution in [3.05, 3.63) is 0 Å².